The highest BCUT2D eigenvalue weighted by atomic mass is 16.5. The van der Waals surface area contributed by atoms with Gasteiger partial charge in [0.05, 0.1) is 43.4 Å². The Labute approximate surface area is 520 Å². The molecule has 2 aliphatic carbocycles. The lowest BCUT2D eigenvalue weighted by Crippen LogP contribution is -2.56. The van der Waals surface area contributed by atoms with Crippen LogP contribution in [0.25, 0.3) is 11.1 Å². The lowest BCUT2D eigenvalue weighted by atomic mass is 9.88. The average Bonchev–Trinajstić information content (AvgIpc) is 1.78. The van der Waals surface area contributed by atoms with Crippen LogP contribution in [0.3, 0.4) is 0 Å². The fourth-order valence-electron chi connectivity index (χ4n) is 10.8. The minimum absolute atomic E-state index is 0.0153. The van der Waals surface area contributed by atoms with Gasteiger partial charge in [-0.2, -0.15) is 10.2 Å². The first-order valence-corrected chi connectivity index (χ1v) is 30.4. The highest BCUT2D eigenvalue weighted by Crippen LogP contribution is 2.51. The molecule has 27 nitrogen and oxygen atoms in total. The molecular weight excluding hydrogens is 1160 g/mol. The number of carboxylic acids is 1. The van der Waals surface area contributed by atoms with Crippen molar-refractivity contribution in [2.75, 3.05) is 64.5 Å². The molecule has 0 unspecified atom stereocenters. The summed E-state index contributed by atoms with van der Waals surface area (Å²) in [4.78, 5) is 98.8. The third-order valence-electron chi connectivity index (χ3n) is 15.8. The number of aryl methyl sites for hydroxylation is 3. The summed E-state index contributed by atoms with van der Waals surface area (Å²) < 4.78 is 25.8. The molecule has 90 heavy (non-hydrogen) atoms. The summed E-state index contributed by atoms with van der Waals surface area (Å²) in [6.07, 6.45) is 9.55. The van der Waals surface area contributed by atoms with Gasteiger partial charge in [0.15, 0.2) is 6.61 Å². The Morgan fingerprint density at radius 2 is 1.64 bits per heavy atom. The zero-order valence-corrected chi connectivity index (χ0v) is 51.4. The number of carbonyl (C=O) groups is 7. The zero-order valence-electron chi connectivity index (χ0n) is 51.4. The first-order valence-electron chi connectivity index (χ1n) is 30.4. The van der Waals surface area contributed by atoms with Gasteiger partial charge in [-0.1, -0.05) is 44.2 Å². The number of ether oxygens (including phenoxy) is 4. The molecule has 3 aliphatic rings. The van der Waals surface area contributed by atoms with Crippen molar-refractivity contribution in [3.63, 3.8) is 0 Å². The second-order valence-corrected chi connectivity index (χ2v) is 24.2. The van der Waals surface area contributed by atoms with E-state index in [1.54, 1.807) is 46.1 Å². The number of nitrogens with one attached hydrogen (secondary N) is 5. The molecule has 27 heteroatoms. The topological polar surface area (TPSA) is 342 Å². The number of anilines is 1. The molecule has 0 spiro atoms. The fraction of sp³-hybridized carbons (Fsp3) is 0.492. The monoisotopic (exact) mass is 1240 g/mol. The summed E-state index contributed by atoms with van der Waals surface area (Å²) in [5.41, 5.74) is 5.25. The van der Waals surface area contributed by atoms with Crippen LogP contribution in [0, 0.1) is 37.0 Å². The van der Waals surface area contributed by atoms with Gasteiger partial charge in [-0.25, -0.2) is 14.5 Å². The van der Waals surface area contributed by atoms with Crippen molar-refractivity contribution in [2.24, 2.45) is 23.2 Å². The molecule has 0 bridgehead atoms. The maximum absolute atomic E-state index is 14.1. The van der Waals surface area contributed by atoms with Crippen molar-refractivity contribution in [3.8, 4) is 28.5 Å². The Bertz CT molecular complexity index is 3410. The second kappa shape index (κ2) is 30.4. The van der Waals surface area contributed by atoms with E-state index in [0.717, 1.165) is 48.2 Å². The van der Waals surface area contributed by atoms with Crippen molar-refractivity contribution in [1.82, 2.24) is 65.7 Å². The molecule has 4 aromatic heterocycles. The molecule has 7 N–H and O–H groups in total. The Morgan fingerprint density at radius 1 is 0.889 bits per heavy atom. The number of aliphatic carboxylic acids is 1. The number of amides is 6. The van der Waals surface area contributed by atoms with Gasteiger partial charge >= 0.3 is 5.97 Å². The largest absolute Gasteiger partial charge is 0.484 e. The molecule has 6 aromatic rings. The van der Waals surface area contributed by atoms with Crippen LogP contribution in [-0.4, -0.2) is 179 Å². The third kappa shape index (κ3) is 18.7. The minimum atomic E-state index is -1.11. The van der Waals surface area contributed by atoms with E-state index in [1.165, 1.54) is 34.1 Å². The standard InChI is InChI=1S/C63H80N14O13/c1-39-56(40(2)71-70-39)41-14-17-45(18-15-41)67-61(84)58(57(42-10-11-42)43-12-13-43)69-60(83)51-21-23-66-77(51)26-7-25-74(27-28-78)54(80)35-76-32-46(72-73-76)36-87-38-55(81)75-33-49(34-75)88-29-24-64-52(79)37-89-47-8-6-9-48(30-47)90-53-19-16-44(31-65-53)59(82)68-50(62(85)86)20-22-63(3,4)5/h6,8-9,14-19,21,23,30-32,42-43,49-50,57-58,78H,7,10-13,20,22,24-29,33-38H2,1-5H3,(H,64,79)(H,67,84)(H,68,82)(H,69,83)(H,70,71)(H,85,86)/t50-,58-/m0/s1. The average molecular weight is 1240 g/mol. The van der Waals surface area contributed by atoms with E-state index in [4.69, 9.17) is 18.9 Å². The predicted octanol–water partition coefficient (Wildman–Crippen LogP) is 4.70. The van der Waals surface area contributed by atoms with Crippen molar-refractivity contribution in [1.29, 1.82) is 0 Å². The number of likely N-dealkylation sites (tertiary alicyclic amines) is 1. The van der Waals surface area contributed by atoms with E-state index in [9.17, 15) is 43.8 Å². The number of pyridine rings is 1. The highest BCUT2D eigenvalue weighted by molar-refractivity contribution is 6.01. The molecule has 2 atom stereocenters. The number of nitrogens with zero attached hydrogens (tertiary/aromatic N) is 9. The van der Waals surface area contributed by atoms with Crippen LogP contribution in [0.2, 0.25) is 0 Å². The molecular formula is C63H80N14O13. The molecule has 5 heterocycles. The minimum Gasteiger partial charge on any atom is -0.484 e. The van der Waals surface area contributed by atoms with Gasteiger partial charge in [-0.3, -0.25) is 38.5 Å². The number of carbonyl (C=O) groups excluding carboxylic acids is 6. The van der Waals surface area contributed by atoms with Crippen LogP contribution < -0.4 is 30.7 Å². The van der Waals surface area contributed by atoms with Crippen molar-refractivity contribution in [2.45, 2.75) is 117 Å². The fourth-order valence-corrected chi connectivity index (χ4v) is 10.8. The molecule has 480 valence electrons. The molecule has 2 aromatic carbocycles. The Morgan fingerprint density at radius 3 is 2.32 bits per heavy atom. The number of aromatic nitrogens is 8. The summed E-state index contributed by atoms with van der Waals surface area (Å²) in [7, 11) is 0. The van der Waals surface area contributed by atoms with Crippen LogP contribution in [0.15, 0.2) is 85.3 Å². The number of aliphatic hydroxyl groups is 1. The van der Waals surface area contributed by atoms with Crippen molar-refractivity contribution >= 4 is 47.1 Å². The van der Waals surface area contributed by atoms with Crippen LogP contribution in [-0.2, 0) is 53.1 Å². The summed E-state index contributed by atoms with van der Waals surface area (Å²) in [5.74, 6) is -1.64. The molecule has 2 saturated carbocycles. The van der Waals surface area contributed by atoms with Crippen LogP contribution >= 0.6 is 0 Å². The second-order valence-electron chi connectivity index (χ2n) is 24.2. The first kappa shape index (κ1) is 65.4. The molecule has 6 amide bonds. The number of aromatic amines is 1. The lowest BCUT2D eigenvalue weighted by Gasteiger charge is -2.38. The van der Waals surface area contributed by atoms with Crippen LogP contribution in [0.5, 0.6) is 17.4 Å². The number of rotatable bonds is 34. The quantitative estimate of drug-likeness (QED) is 0.0269. The van der Waals surface area contributed by atoms with E-state index in [-0.39, 0.29) is 125 Å². The number of H-pyrrole nitrogens is 1. The SMILES string of the molecule is Cc1n[nH]c(C)c1-c1ccc(NC(=O)[C@@H](NC(=O)c2ccnn2CCCN(CCO)C(=O)Cn2cc(COCC(=O)N3CC(OCCNC(=O)COc4cccc(Oc5ccc(C(=O)N[C@@H](CCC(C)(C)C)C(=O)O)cn5)c4)C3)nn2)C(C2CC2)C2CC2)cc1. The molecule has 3 fully saturated rings. The maximum Gasteiger partial charge on any atom is 0.326 e. The van der Waals surface area contributed by atoms with E-state index >= 15 is 0 Å². The predicted molar refractivity (Wildman–Crippen MR) is 326 cm³/mol. The molecule has 1 saturated heterocycles. The summed E-state index contributed by atoms with van der Waals surface area (Å²) in [5, 5.41) is 50.8. The Kier molecular flexibility index (Phi) is 22.1. The third-order valence-corrected chi connectivity index (χ3v) is 15.8. The van der Waals surface area contributed by atoms with E-state index in [0.29, 0.717) is 66.3 Å². The van der Waals surface area contributed by atoms with Gasteiger partial charge in [0.25, 0.3) is 17.7 Å². The van der Waals surface area contributed by atoms with Gasteiger partial charge in [0.2, 0.25) is 23.6 Å². The lowest BCUT2D eigenvalue weighted by molar-refractivity contribution is -0.150. The number of benzene rings is 2. The molecule has 0 radical (unpaired) electrons. The zero-order chi connectivity index (χ0) is 63.9. The molecule has 1 aliphatic heterocycles. The normalized spacial score (nSPS) is 14.7. The maximum atomic E-state index is 14.1. The number of hydrogen-bond donors (Lipinski definition) is 7. The molecule has 9 rings (SSSR count). The number of hydrogen-bond acceptors (Lipinski definition) is 17. The highest BCUT2D eigenvalue weighted by Gasteiger charge is 2.48. The smallest absolute Gasteiger partial charge is 0.326 e. The number of aliphatic hydroxyl groups excluding tert-OH is 1. The summed E-state index contributed by atoms with van der Waals surface area (Å²) in [6.45, 7) is 10.7. The first-order chi connectivity index (χ1) is 43.3. The van der Waals surface area contributed by atoms with E-state index in [2.05, 4.69) is 51.9 Å². The van der Waals surface area contributed by atoms with Gasteiger partial charge in [-0.05, 0) is 124 Å². The van der Waals surface area contributed by atoms with Gasteiger partial charge in [0, 0.05) is 80.7 Å². The van der Waals surface area contributed by atoms with E-state index in [1.807, 2.05) is 58.9 Å². The Hall–Kier alpha value is -9.08. The number of carboxylic acid groups (broad SMARTS) is 1. The van der Waals surface area contributed by atoms with E-state index < -0.39 is 29.9 Å². The summed E-state index contributed by atoms with van der Waals surface area (Å²) >= 11 is 0. The van der Waals surface area contributed by atoms with Crippen LogP contribution in [0.4, 0.5) is 5.69 Å². The van der Waals surface area contributed by atoms with Crippen molar-refractivity contribution < 1.29 is 62.7 Å². The van der Waals surface area contributed by atoms with Crippen LogP contribution in [0.1, 0.15) is 104 Å². The van der Waals surface area contributed by atoms with Gasteiger partial charge in [-0.15, -0.1) is 5.10 Å². The van der Waals surface area contributed by atoms with Gasteiger partial charge in [0.1, 0.15) is 48.1 Å². The summed E-state index contributed by atoms with van der Waals surface area (Å²) in [6, 6.07) is 17.0. The van der Waals surface area contributed by atoms with Crippen molar-refractivity contribution in [3.05, 3.63) is 114 Å². The Balaban J connectivity index is 0.634. The van der Waals surface area contributed by atoms with Gasteiger partial charge < -0.3 is 60.2 Å².